The quantitative estimate of drug-likeness (QED) is 0.649. The third-order valence-corrected chi connectivity index (χ3v) is 4.67. The molecule has 0 unspecified atom stereocenters. The van der Waals surface area contributed by atoms with Gasteiger partial charge in [0, 0.05) is 22.2 Å². The largest absolute Gasteiger partial charge is 0.497 e. The van der Waals surface area contributed by atoms with E-state index < -0.39 is 5.97 Å². The van der Waals surface area contributed by atoms with Crippen molar-refractivity contribution >= 4 is 28.1 Å². The number of aromatic nitrogens is 1. The average molecular weight is 370 g/mol. The number of carbonyl (C=O) groups is 1. The Morgan fingerprint density at radius 2 is 1.92 bits per heavy atom. The number of aliphatic carboxylic acids is 1. The zero-order valence-corrected chi connectivity index (χ0v) is 15.2. The molecule has 7 heteroatoms. The monoisotopic (exact) mass is 370 g/mol. The molecule has 0 fully saturated rings. The maximum atomic E-state index is 11.3. The molecule has 0 spiro atoms. The highest BCUT2D eigenvalue weighted by molar-refractivity contribution is 7.16. The summed E-state index contributed by atoms with van der Waals surface area (Å²) in [5.41, 5.74) is 2.20. The summed E-state index contributed by atoms with van der Waals surface area (Å²) in [6.45, 7) is 0. The summed E-state index contributed by atoms with van der Waals surface area (Å²) in [4.78, 5) is 16.6. The summed E-state index contributed by atoms with van der Waals surface area (Å²) in [5, 5.41) is 13.1. The molecule has 0 saturated carbocycles. The van der Waals surface area contributed by atoms with E-state index in [1.165, 1.54) is 11.3 Å². The number of thiazole rings is 1. The molecule has 0 atom stereocenters. The summed E-state index contributed by atoms with van der Waals surface area (Å²) in [7, 11) is 3.14. The molecule has 3 aromatic rings. The van der Waals surface area contributed by atoms with E-state index >= 15 is 0 Å². The van der Waals surface area contributed by atoms with Crippen LogP contribution in [0.3, 0.4) is 0 Å². The molecule has 0 amide bonds. The molecule has 0 aliphatic rings. The molecule has 0 radical (unpaired) electrons. The first-order valence-corrected chi connectivity index (χ1v) is 8.68. The highest BCUT2D eigenvalue weighted by Crippen LogP contribution is 2.39. The van der Waals surface area contributed by atoms with Crippen molar-refractivity contribution in [3.8, 4) is 22.8 Å². The zero-order valence-electron chi connectivity index (χ0n) is 14.4. The summed E-state index contributed by atoms with van der Waals surface area (Å²) in [6.07, 6.45) is -0.112. The smallest absolute Gasteiger partial charge is 0.308 e. The normalized spacial score (nSPS) is 10.4. The Bertz CT molecular complexity index is 909. The summed E-state index contributed by atoms with van der Waals surface area (Å²) >= 11 is 1.32. The second-order valence-corrected chi connectivity index (χ2v) is 6.50. The number of benzene rings is 2. The fraction of sp³-hybridized carbons (Fsp3) is 0.158. The van der Waals surface area contributed by atoms with Gasteiger partial charge in [-0.15, -0.1) is 11.3 Å². The molecule has 0 saturated heterocycles. The second kappa shape index (κ2) is 7.88. The minimum Gasteiger partial charge on any atom is -0.497 e. The van der Waals surface area contributed by atoms with Gasteiger partial charge in [0.05, 0.1) is 26.3 Å². The Kier molecular flexibility index (Phi) is 5.38. The number of carboxylic acids is 1. The van der Waals surface area contributed by atoms with Gasteiger partial charge >= 0.3 is 5.97 Å². The lowest BCUT2D eigenvalue weighted by Gasteiger charge is -2.09. The fourth-order valence-electron chi connectivity index (χ4n) is 2.51. The van der Waals surface area contributed by atoms with Crippen LogP contribution < -0.4 is 14.8 Å². The van der Waals surface area contributed by atoms with E-state index in [9.17, 15) is 9.90 Å². The van der Waals surface area contributed by atoms with Crippen molar-refractivity contribution in [2.45, 2.75) is 6.42 Å². The number of anilines is 2. The van der Waals surface area contributed by atoms with E-state index in [0.717, 1.165) is 11.3 Å². The van der Waals surface area contributed by atoms with Gasteiger partial charge in [0.25, 0.3) is 0 Å². The fourth-order valence-corrected chi connectivity index (χ4v) is 3.50. The topological polar surface area (TPSA) is 80.7 Å². The molecule has 2 aromatic carbocycles. The lowest BCUT2D eigenvalue weighted by molar-refractivity contribution is -0.136. The van der Waals surface area contributed by atoms with Crippen LogP contribution in [0.5, 0.6) is 11.5 Å². The van der Waals surface area contributed by atoms with Gasteiger partial charge in [0.1, 0.15) is 11.5 Å². The minimum atomic E-state index is -0.909. The van der Waals surface area contributed by atoms with Crippen LogP contribution in [0.1, 0.15) is 4.88 Å². The predicted molar refractivity (Wildman–Crippen MR) is 102 cm³/mol. The molecule has 26 heavy (non-hydrogen) atoms. The van der Waals surface area contributed by atoms with Crippen LogP contribution >= 0.6 is 11.3 Å². The van der Waals surface area contributed by atoms with E-state index in [1.54, 1.807) is 26.4 Å². The number of ether oxygens (including phenoxy) is 2. The van der Waals surface area contributed by atoms with Crippen LogP contribution in [-0.4, -0.2) is 30.3 Å². The molecule has 1 heterocycles. The van der Waals surface area contributed by atoms with Gasteiger partial charge < -0.3 is 19.9 Å². The lowest BCUT2D eigenvalue weighted by atomic mass is 10.1. The molecular formula is C19H18N2O4S. The van der Waals surface area contributed by atoms with E-state index in [2.05, 4.69) is 10.3 Å². The zero-order chi connectivity index (χ0) is 18.5. The van der Waals surface area contributed by atoms with Crippen LogP contribution in [-0.2, 0) is 11.2 Å². The van der Waals surface area contributed by atoms with Crippen molar-refractivity contribution in [3.63, 3.8) is 0 Å². The Labute approximate surface area is 155 Å². The molecule has 3 rings (SSSR count). The van der Waals surface area contributed by atoms with Gasteiger partial charge in [-0.2, -0.15) is 0 Å². The molecule has 1 aromatic heterocycles. The van der Waals surface area contributed by atoms with Gasteiger partial charge in [-0.1, -0.05) is 18.2 Å². The Balaban J connectivity index is 2.03. The van der Waals surface area contributed by atoms with Crippen LogP contribution in [0.4, 0.5) is 10.8 Å². The standard InChI is InChI=1S/C19H18N2O4S/c1-24-13-8-9-14(15(10-13)25-2)18-16(11-17(22)23)26-19(21-18)20-12-6-4-3-5-7-12/h3-10H,11H2,1-2H3,(H,20,21)(H,22,23). The number of nitrogens with zero attached hydrogens (tertiary/aromatic N) is 1. The number of carboxylic acid groups (broad SMARTS) is 1. The van der Waals surface area contributed by atoms with E-state index in [0.29, 0.717) is 27.2 Å². The number of methoxy groups -OCH3 is 2. The molecule has 2 N–H and O–H groups in total. The highest BCUT2D eigenvalue weighted by Gasteiger charge is 2.19. The maximum Gasteiger partial charge on any atom is 0.308 e. The van der Waals surface area contributed by atoms with E-state index in [-0.39, 0.29) is 6.42 Å². The van der Waals surface area contributed by atoms with Crippen molar-refractivity contribution < 1.29 is 19.4 Å². The van der Waals surface area contributed by atoms with Crippen LogP contribution in [0, 0.1) is 0 Å². The first kappa shape index (κ1) is 17.8. The minimum absolute atomic E-state index is 0.112. The Morgan fingerprint density at radius 3 is 2.58 bits per heavy atom. The van der Waals surface area contributed by atoms with Crippen LogP contribution in [0.25, 0.3) is 11.3 Å². The molecule has 0 aliphatic carbocycles. The number of hydrogen-bond acceptors (Lipinski definition) is 6. The highest BCUT2D eigenvalue weighted by atomic mass is 32.1. The SMILES string of the molecule is COc1ccc(-c2nc(Nc3ccccc3)sc2CC(=O)O)c(OC)c1. The first-order chi connectivity index (χ1) is 12.6. The summed E-state index contributed by atoms with van der Waals surface area (Å²) < 4.78 is 10.7. The summed E-state index contributed by atoms with van der Waals surface area (Å²) in [5.74, 6) is 0.324. The molecule has 6 nitrogen and oxygen atoms in total. The number of hydrogen-bond donors (Lipinski definition) is 2. The molecule has 134 valence electrons. The maximum absolute atomic E-state index is 11.3. The van der Waals surface area contributed by atoms with Gasteiger partial charge in [0.2, 0.25) is 0 Å². The number of para-hydroxylation sites is 1. The van der Waals surface area contributed by atoms with E-state index in [1.807, 2.05) is 36.4 Å². The van der Waals surface area contributed by atoms with Crippen LogP contribution in [0.15, 0.2) is 48.5 Å². The Hall–Kier alpha value is -3.06. The molecule has 0 bridgehead atoms. The van der Waals surface area contributed by atoms with Crippen molar-refractivity contribution in [2.24, 2.45) is 0 Å². The third kappa shape index (κ3) is 3.94. The predicted octanol–water partition coefficient (Wildman–Crippen LogP) is 4.20. The average Bonchev–Trinajstić information content (AvgIpc) is 3.03. The van der Waals surface area contributed by atoms with Gasteiger partial charge in [0.15, 0.2) is 5.13 Å². The lowest BCUT2D eigenvalue weighted by Crippen LogP contribution is -2.00. The summed E-state index contributed by atoms with van der Waals surface area (Å²) in [6, 6.07) is 15.0. The number of rotatable bonds is 7. The van der Waals surface area contributed by atoms with Crippen molar-refractivity contribution in [1.82, 2.24) is 4.98 Å². The van der Waals surface area contributed by atoms with Gasteiger partial charge in [-0.3, -0.25) is 4.79 Å². The molecule has 0 aliphatic heterocycles. The van der Waals surface area contributed by atoms with Gasteiger partial charge in [-0.05, 0) is 24.3 Å². The van der Waals surface area contributed by atoms with Crippen LogP contribution in [0.2, 0.25) is 0 Å². The van der Waals surface area contributed by atoms with Crippen molar-refractivity contribution in [3.05, 3.63) is 53.4 Å². The van der Waals surface area contributed by atoms with E-state index in [4.69, 9.17) is 9.47 Å². The number of nitrogens with one attached hydrogen (secondary N) is 1. The van der Waals surface area contributed by atoms with Crippen molar-refractivity contribution in [1.29, 1.82) is 0 Å². The van der Waals surface area contributed by atoms with Gasteiger partial charge in [-0.25, -0.2) is 4.98 Å². The molecular weight excluding hydrogens is 352 g/mol. The Morgan fingerprint density at radius 1 is 1.15 bits per heavy atom. The first-order valence-electron chi connectivity index (χ1n) is 7.86. The second-order valence-electron chi connectivity index (χ2n) is 5.42. The third-order valence-electron chi connectivity index (χ3n) is 3.70. The van der Waals surface area contributed by atoms with Crippen molar-refractivity contribution in [2.75, 3.05) is 19.5 Å².